The van der Waals surface area contributed by atoms with Crippen LogP contribution in [0, 0.1) is 0 Å². The van der Waals surface area contributed by atoms with Crippen molar-refractivity contribution in [1.82, 2.24) is 19.9 Å². The number of aliphatic carboxylic acids is 2. The van der Waals surface area contributed by atoms with E-state index < -0.39 is 24.3 Å². The topological polar surface area (TPSA) is 132 Å². The van der Waals surface area contributed by atoms with Gasteiger partial charge < -0.3 is 20.2 Å². The summed E-state index contributed by atoms with van der Waals surface area (Å²) in [5.74, 6) is -5.51. The fraction of sp³-hybridized carbons (Fsp3) is 0.0909. The quantitative estimate of drug-likeness (QED) is 0.263. The van der Waals surface area contributed by atoms with Gasteiger partial charge in [-0.05, 0) is 11.1 Å². The Morgan fingerprint density at radius 1 is 0.611 bits per heavy atom. The van der Waals surface area contributed by atoms with Crippen LogP contribution in [0.15, 0.2) is 85.7 Å². The highest BCUT2D eigenvalue weighted by atomic mass is 19.4. The number of nitrogens with zero attached hydrogens (tertiary/aromatic N) is 2. The SMILES string of the molecule is O=C(O)C(F)(F)F.O=C(O)C(F)(F)F.c1ccc(-c2cnc[nH]2)cc1.c1ccc(-c2cnc[nH]2)cc1. The van der Waals surface area contributed by atoms with E-state index in [0.29, 0.717) is 0 Å². The lowest BCUT2D eigenvalue weighted by atomic mass is 10.2. The number of carbonyl (C=O) groups is 2. The van der Waals surface area contributed by atoms with Gasteiger partial charge in [0.1, 0.15) is 0 Å². The predicted molar refractivity (Wildman–Crippen MR) is 115 cm³/mol. The number of carboxylic acid groups (broad SMARTS) is 2. The molecule has 14 heteroatoms. The molecule has 192 valence electrons. The summed E-state index contributed by atoms with van der Waals surface area (Å²) in [5.41, 5.74) is 4.46. The molecule has 0 unspecified atom stereocenters. The molecule has 4 aromatic rings. The average Bonchev–Trinajstić information content (AvgIpc) is 3.55. The molecule has 0 saturated heterocycles. The van der Waals surface area contributed by atoms with Crippen LogP contribution >= 0.6 is 0 Å². The molecule has 0 aliphatic heterocycles. The first-order valence-corrected chi connectivity index (χ1v) is 9.50. The van der Waals surface area contributed by atoms with Crippen molar-refractivity contribution in [3.05, 3.63) is 85.7 Å². The zero-order valence-electron chi connectivity index (χ0n) is 18.0. The van der Waals surface area contributed by atoms with Crippen molar-refractivity contribution in [1.29, 1.82) is 0 Å². The number of aromatic amines is 2. The Morgan fingerprint density at radius 2 is 0.889 bits per heavy atom. The number of hydrogen-bond donors (Lipinski definition) is 4. The highest BCUT2D eigenvalue weighted by molar-refractivity contribution is 5.73. The zero-order valence-corrected chi connectivity index (χ0v) is 18.0. The summed E-state index contributed by atoms with van der Waals surface area (Å²) >= 11 is 0. The van der Waals surface area contributed by atoms with Gasteiger partial charge in [0.15, 0.2) is 0 Å². The van der Waals surface area contributed by atoms with E-state index in [1.54, 1.807) is 12.7 Å². The van der Waals surface area contributed by atoms with Gasteiger partial charge in [-0.15, -0.1) is 0 Å². The summed E-state index contributed by atoms with van der Waals surface area (Å²) < 4.78 is 63.5. The molecule has 8 nitrogen and oxygen atoms in total. The molecule has 4 rings (SSSR count). The Hall–Kier alpha value is -4.62. The van der Waals surface area contributed by atoms with E-state index in [0.717, 1.165) is 11.4 Å². The van der Waals surface area contributed by atoms with E-state index >= 15 is 0 Å². The minimum Gasteiger partial charge on any atom is -0.475 e. The first-order chi connectivity index (χ1) is 16.8. The maximum absolute atomic E-state index is 10.6. The lowest BCUT2D eigenvalue weighted by Crippen LogP contribution is -2.21. The largest absolute Gasteiger partial charge is 0.490 e. The molecular weight excluding hydrogens is 498 g/mol. The summed E-state index contributed by atoms with van der Waals surface area (Å²) in [6, 6.07) is 20.2. The van der Waals surface area contributed by atoms with E-state index in [2.05, 4.69) is 19.9 Å². The molecule has 2 aromatic heterocycles. The van der Waals surface area contributed by atoms with Gasteiger partial charge in [0, 0.05) is 0 Å². The lowest BCUT2D eigenvalue weighted by molar-refractivity contribution is -0.193. The molecule has 36 heavy (non-hydrogen) atoms. The van der Waals surface area contributed by atoms with E-state index in [-0.39, 0.29) is 0 Å². The van der Waals surface area contributed by atoms with Crippen molar-refractivity contribution in [2.45, 2.75) is 12.4 Å². The van der Waals surface area contributed by atoms with Crippen LogP contribution in [0.1, 0.15) is 0 Å². The van der Waals surface area contributed by atoms with E-state index in [4.69, 9.17) is 19.8 Å². The van der Waals surface area contributed by atoms with Gasteiger partial charge in [-0.3, -0.25) is 0 Å². The van der Waals surface area contributed by atoms with Crippen LogP contribution in [0.25, 0.3) is 22.5 Å². The number of rotatable bonds is 2. The van der Waals surface area contributed by atoms with Gasteiger partial charge in [0.25, 0.3) is 0 Å². The average molecular weight is 516 g/mol. The summed E-state index contributed by atoms with van der Waals surface area (Å²) in [7, 11) is 0. The molecule has 0 saturated carbocycles. The summed E-state index contributed by atoms with van der Waals surface area (Å²) in [6.45, 7) is 0. The molecule has 0 radical (unpaired) electrons. The number of imidazole rings is 2. The summed E-state index contributed by atoms with van der Waals surface area (Å²) in [6.07, 6.45) is -3.17. The molecule has 2 aromatic carbocycles. The molecule has 0 atom stereocenters. The predicted octanol–water partition coefficient (Wildman–Crippen LogP) is 5.42. The van der Waals surface area contributed by atoms with Crippen LogP contribution in [0.3, 0.4) is 0 Å². The van der Waals surface area contributed by atoms with Crippen LogP contribution in [-0.4, -0.2) is 54.4 Å². The Kier molecular flexibility index (Phi) is 11.4. The van der Waals surface area contributed by atoms with Crippen molar-refractivity contribution in [3.63, 3.8) is 0 Å². The molecule has 0 aliphatic carbocycles. The van der Waals surface area contributed by atoms with Crippen LogP contribution in [0.5, 0.6) is 0 Å². The van der Waals surface area contributed by atoms with E-state index in [9.17, 15) is 26.3 Å². The molecular formula is C22H18F6N4O4. The van der Waals surface area contributed by atoms with Crippen LogP contribution in [0.4, 0.5) is 26.3 Å². The number of alkyl halides is 6. The van der Waals surface area contributed by atoms with Gasteiger partial charge in [0.05, 0.1) is 36.4 Å². The number of hydrogen-bond acceptors (Lipinski definition) is 4. The highest BCUT2D eigenvalue weighted by Crippen LogP contribution is 2.15. The first-order valence-electron chi connectivity index (χ1n) is 9.50. The third-order valence-electron chi connectivity index (χ3n) is 3.65. The monoisotopic (exact) mass is 516 g/mol. The van der Waals surface area contributed by atoms with Gasteiger partial charge in [-0.2, -0.15) is 26.3 Å². The number of benzene rings is 2. The standard InChI is InChI=1S/2C9H8N2.2C2HF3O2/c2*1-2-4-8(5-3-1)9-6-10-7-11-9;2*3-2(4,5)1(6)7/h2*1-7H,(H,10,11);2*(H,6,7). The fourth-order valence-corrected chi connectivity index (χ4v) is 2.06. The molecule has 0 bridgehead atoms. The van der Waals surface area contributed by atoms with Crippen molar-refractivity contribution in [2.24, 2.45) is 0 Å². The van der Waals surface area contributed by atoms with Crippen molar-refractivity contribution in [3.8, 4) is 22.5 Å². The van der Waals surface area contributed by atoms with Crippen molar-refractivity contribution >= 4 is 11.9 Å². The van der Waals surface area contributed by atoms with Crippen molar-refractivity contribution in [2.75, 3.05) is 0 Å². The second-order valence-electron chi connectivity index (χ2n) is 6.27. The molecule has 0 spiro atoms. The Bertz CT molecular complexity index is 1060. The Balaban J connectivity index is 0.000000247. The van der Waals surface area contributed by atoms with E-state index in [1.165, 1.54) is 11.1 Å². The minimum absolute atomic E-state index is 1.06. The fourth-order valence-electron chi connectivity index (χ4n) is 2.06. The highest BCUT2D eigenvalue weighted by Gasteiger charge is 2.38. The first kappa shape index (κ1) is 29.4. The third kappa shape index (κ3) is 11.5. The number of carboxylic acids is 2. The van der Waals surface area contributed by atoms with Crippen LogP contribution in [0.2, 0.25) is 0 Å². The minimum atomic E-state index is -5.08. The summed E-state index contributed by atoms with van der Waals surface area (Å²) in [5, 5.41) is 14.2. The number of nitrogens with one attached hydrogen (secondary N) is 2. The smallest absolute Gasteiger partial charge is 0.475 e. The molecule has 0 fully saturated rings. The van der Waals surface area contributed by atoms with Gasteiger partial charge in [0.2, 0.25) is 0 Å². The molecule has 0 amide bonds. The number of halogens is 6. The van der Waals surface area contributed by atoms with Crippen molar-refractivity contribution < 1.29 is 46.1 Å². The number of H-pyrrole nitrogens is 2. The lowest BCUT2D eigenvalue weighted by Gasteiger charge is -1.93. The van der Waals surface area contributed by atoms with Gasteiger partial charge >= 0.3 is 24.3 Å². The second-order valence-corrected chi connectivity index (χ2v) is 6.27. The summed E-state index contributed by atoms with van der Waals surface area (Å²) in [4.78, 5) is 31.8. The third-order valence-corrected chi connectivity index (χ3v) is 3.65. The maximum Gasteiger partial charge on any atom is 0.490 e. The van der Waals surface area contributed by atoms with Gasteiger partial charge in [-0.25, -0.2) is 19.6 Å². The molecule has 0 aliphatic rings. The molecule has 4 N–H and O–H groups in total. The van der Waals surface area contributed by atoms with Crippen LogP contribution in [-0.2, 0) is 9.59 Å². The second kappa shape index (κ2) is 13.9. The maximum atomic E-state index is 10.6. The zero-order chi connectivity index (χ0) is 27.2. The molecule has 2 heterocycles. The van der Waals surface area contributed by atoms with E-state index in [1.807, 2.05) is 73.1 Å². The Labute approximate surface area is 199 Å². The van der Waals surface area contributed by atoms with Gasteiger partial charge in [-0.1, -0.05) is 60.7 Å². The number of aromatic nitrogens is 4. The van der Waals surface area contributed by atoms with Crippen LogP contribution < -0.4 is 0 Å². The Morgan fingerprint density at radius 3 is 1.08 bits per heavy atom. The normalized spacial score (nSPS) is 10.4.